The minimum atomic E-state index is 0.460. The Bertz CT molecular complexity index is 542. The molecule has 0 amide bonds. The van der Waals surface area contributed by atoms with Crippen LogP contribution in [0.1, 0.15) is 24.0 Å². The topological polar surface area (TPSA) is 50.7 Å². The lowest BCUT2D eigenvalue weighted by Gasteiger charge is -2.08. The van der Waals surface area contributed by atoms with Gasteiger partial charge >= 0.3 is 0 Å². The molecular formula is C13H15ClN4. The molecule has 0 radical (unpaired) electrons. The lowest BCUT2D eigenvalue weighted by atomic mass is 10.2. The first-order chi connectivity index (χ1) is 8.69. The van der Waals surface area contributed by atoms with Crippen molar-refractivity contribution in [3.8, 4) is 0 Å². The van der Waals surface area contributed by atoms with Crippen LogP contribution in [-0.2, 0) is 13.0 Å². The van der Waals surface area contributed by atoms with Crippen molar-refractivity contribution in [3.05, 3.63) is 46.6 Å². The van der Waals surface area contributed by atoms with Crippen LogP contribution in [0.3, 0.4) is 0 Å². The lowest BCUT2D eigenvalue weighted by Crippen LogP contribution is -2.06. The van der Waals surface area contributed by atoms with E-state index in [1.165, 1.54) is 0 Å². The molecule has 0 fully saturated rings. The lowest BCUT2D eigenvalue weighted by molar-refractivity contribution is 0.925. The Morgan fingerprint density at radius 3 is 2.89 bits per heavy atom. The van der Waals surface area contributed by atoms with Gasteiger partial charge in [0, 0.05) is 18.7 Å². The fourth-order valence-corrected chi connectivity index (χ4v) is 1.79. The van der Waals surface area contributed by atoms with Crippen LogP contribution in [0.25, 0.3) is 0 Å². The predicted molar refractivity (Wildman–Crippen MR) is 72.7 cm³/mol. The van der Waals surface area contributed by atoms with Gasteiger partial charge in [0.05, 0.1) is 12.2 Å². The summed E-state index contributed by atoms with van der Waals surface area (Å²) in [5, 5.41) is 3.68. The number of aromatic nitrogens is 3. The van der Waals surface area contributed by atoms with E-state index in [0.29, 0.717) is 11.7 Å². The minimum absolute atomic E-state index is 0.460. The Kier molecular flexibility index (Phi) is 4.10. The Morgan fingerprint density at radius 2 is 2.17 bits per heavy atom. The van der Waals surface area contributed by atoms with Gasteiger partial charge < -0.3 is 5.32 Å². The van der Waals surface area contributed by atoms with Gasteiger partial charge in [0.2, 0.25) is 0 Å². The molecule has 18 heavy (non-hydrogen) atoms. The summed E-state index contributed by atoms with van der Waals surface area (Å²) < 4.78 is 0. The van der Waals surface area contributed by atoms with Crippen LogP contribution < -0.4 is 5.32 Å². The summed E-state index contributed by atoms with van der Waals surface area (Å²) in [7, 11) is 0. The maximum absolute atomic E-state index is 5.94. The number of hydrogen-bond donors (Lipinski definition) is 1. The van der Waals surface area contributed by atoms with E-state index >= 15 is 0 Å². The average Bonchev–Trinajstić information content (AvgIpc) is 2.37. The molecule has 0 aliphatic rings. The molecule has 1 N–H and O–H groups in total. The molecule has 0 aromatic carbocycles. The van der Waals surface area contributed by atoms with E-state index in [1.807, 2.05) is 26.0 Å². The molecule has 2 aromatic rings. The molecule has 0 bridgehead atoms. The second-order valence-electron chi connectivity index (χ2n) is 3.97. The SMILES string of the molecule is CCc1nc(Cl)cc(NCc2ncccc2C)n1. The van der Waals surface area contributed by atoms with Crippen LogP contribution in [0.2, 0.25) is 5.15 Å². The zero-order valence-electron chi connectivity index (χ0n) is 10.4. The van der Waals surface area contributed by atoms with Crippen LogP contribution in [0, 0.1) is 6.92 Å². The van der Waals surface area contributed by atoms with Crippen molar-refractivity contribution < 1.29 is 0 Å². The molecule has 0 unspecified atom stereocenters. The van der Waals surface area contributed by atoms with Crippen molar-refractivity contribution in [1.29, 1.82) is 0 Å². The summed E-state index contributed by atoms with van der Waals surface area (Å²) in [4.78, 5) is 12.8. The Balaban J connectivity index is 2.11. The predicted octanol–water partition coefficient (Wildman–Crippen LogP) is 3.01. The first-order valence-electron chi connectivity index (χ1n) is 5.87. The monoisotopic (exact) mass is 262 g/mol. The van der Waals surface area contributed by atoms with Crippen LogP contribution in [0.5, 0.6) is 0 Å². The second kappa shape index (κ2) is 5.78. The summed E-state index contributed by atoms with van der Waals surface area (Å²) in [6.45, 7) is 4.66. The summed E-state index contributed by atoms with van der Waals surface area (Å²) in [5.41, 5.74) is 2.16. The summed E-state index contributed by atoms with van der Waals surface area (Å²) in [6.07, 6.45) is 2.55. The number of pyridine rings is 1. The normalized spacial score (nSPS) is 10.4. The molecule has 0 aliphatic carbocycles. The van der Waals surface area contributed by atoms with Gasteiger partial charge in [-0.1, -0.05) is 24.6 Å². The average molecular weight is 263 g/mol. The zero-order valence-corrected chi connectivity index (χ0v) is 11.2. The summed E-state index contributed by atoms with van der Waals surface area (Å²) >= 11 is 5.94. The third-order valence-corrected chi connectivity index (χ3v) is 2.81. The minimum Gasteiger partial charge on any atom is -0.364 e. The largest absolute Gasteiger partial charge is 0.364 e. The van der Waals surface area contributed by atoms with Crippen molar-refractivity contribution >= 4 is 17.4 Å². The molecule has 2 rings (SSSR count). The molecule has 0 aliphatic heterocycles. The highest BCUT2D eigenvalue weighted by molar-refractivity contribution is 6.29. The van der Waals surface area contributed by atoms with Crippen molar-refractivity contribution in [1.82, 2.24) is 15.0 Å². The Labute approximate surface area is 111 Å². The highest BCUT2D eigenvalue weighted by atomic mass is 35.5. The molecule has 94 valence electrons. The quantitative estimate of drug-likeness (QED) is 0.861. The number of nitrogens with zero attached hydrogens (tertiary/aromatic N) is 3. The highest BCUT2D eigenvalue weighted by Gasteiger charge is 2.03. The second-order valence-corrected chi connectivity index (χ2v) is 4.35. The fourth-order valence-electron chi connectivity index (χ4n) is 1.59. The Morgan fingerprint density at radius 1 is 1.33 bits per heavy atom. The van der Waals surface area contributed by atoms with Crippen LogP contribution in [-0.4, -0.2) is 15.0 Å². The molecule has 5 heteroatoms. The number of anilines is 1. The highest BCUT2D eigenvalue weighted by Crippen LogP contribution is 2.13. The maximum atomic E-state index is 5.94. The Hall–Kier alpha value is -1.68. The number of hydrogen-bond acceptors (Lipinski definition) is 4. The molecule has 0 saturated carbocycles. The van der Waals surface area contributed by atoms with Crippen LogP contribution in [0.15, 0.2) is 24.4 Å². The van der Waals surface area contributed by atoms with Gasteiger partial charge in [-0.25, -0.2) is 9.97 Å². The van der Waals surface area contributed by atoms with E-state index < -0.39 is 0 Å². The number of halogens is 1. The molecule has 2 heterocycles. The maximum Gasteiger partial charge on any atom is 0.134 e. The van der Waals surface area contributed by atoms with Crippen molar-refractivity contribution in [2.24, 2.45) is 0 Å². The van der Waals surface area contributed by atoms with Crippen LogP contribution in [0.4, 0.5) is 5.82 Å². The van der Waals surface area contributed by atoms with E-state index in [4.69, 9.17) is 11.6 Å². The first-order valence-corrected chi connectivity index (χ1v) is 6.24. The number of rotatable bonds is 4. The van der Waals surface area contributed by atoms with Gasteiger partial charge in [0.15, 0.2) is 0 Å². The van der Waals surface area contributed by atoms with Crippen molar-refractivity contribution in [2.75, 3.05) is 5.32 Å². The van der Waals surface area contributed by atoms with Gasteiger partial charge in [0.1, 0.15) is 16.8 Å². The van der Waals surface area contributed by atoms with E-state index in [2.05, 4.69) is 20.3 Å². The third kappa shape index (κ3) is 3.17. The molecule has 2 aromatic heterocycles. The standard InChI is InChI=1S/C13H15ClN4/c1-3-12-17-11(14)7-13(18-12)16-8-10-9(2)5-4-6-15-10/h4-7H,3,8H2,1-2H3,(H,16,17,18). The molecule has 0 saturated heterocycles. The van der Waals surface area contributed by atoms with Gasteiger partial charge in [0.25, 0.3) is 0 Å². The fraction of sp³-hybridized carbons (Fsp3) is 0.308. The number of aryl methyl sites for hydroxylation is 2. The van der Waals surface area contributed by atoms with E-state index in [-0.39, 0.29) is 0 Å². The molecule has 4 nitrogen and oxygen atoms in total. The molecule has 0 spiro atoms. The van der Waals surface area contributed by atoms with Crippen molar-refractivity contribution in [2.45, 2.75) is 26.8 Å². The molecule has 0 atom stereocenters. The first kappa shape index (κ1) is 12.8. The van der Waals surface area contributed by atoms with Gasteiger partial charge in [-0.3, -0.25) is 4.98 Å². The van der Waals surface area contributed by atoms with Gasteiger partial charge in [-0.2, -0.15) is 0 Å². The summed E-state index contributed by atoms with van der Waals surface area (Å²) in [6, 6.07) is 5.68. The van der Waals surface area contributed by atoms with Crippen LogP contribution >= 0.6 is 11.6 Å². The number of nitrogens with one attached hydrogen (secondary N) is 1. The zero-order chi connectivity index (χ0) is 13.0. The third-order valence-electron chi connectivity index (χ3n) is 2.61. The summed E-state index contributed by atoms with van der Waals surface area (Å²) in [5.74, 6) is 1.47. The van der Waals surface area contributed by atoms with E-state index in [1.54, 1.807) is 12.3 Å². The van der Waals surface area contributed by atoms with Gasteiger partial charge in [-0.15, -0.1) is 0 Å². The smallest absolute Gasteiger partial charge is 0.134 e. The van der Waals surface area contributed by atoms with Gasteiger partial charge in [-0.05, 0) is 18.6 Å². The van der Waals surface area contributed by atoms with E-state index in [9.17, 15) is 0 Å². The molecular weight excluding hydrogens is 248 g/mol. The van der Waals surface area contributed by atoms with E-state index in [0.717, 1.165) is 29.3 Å². The van der Waals surface area contributed by atoms with Crippen molar-refractivity contribution in [3.63, 3.8) is 0 Å².